The van der Waals surface area contributed by atoms with Crippen molar-refractivity contribution in [1.82, 2.24) is 10.3 Å². The molecule has 1 aromatic carbocycles. The average molecular weight is 383 g/mol. The third kappa shape index (κ3) is 4.85. The van der Waals surface area contributed by atoms with Crippen LogP contribution in [0, 0.1) is 11.8 Å². The Morgan fingerprint density at radius 1 is 1.27 bits per heavy atom. The summed E-state index contributed by atoms with van der Waals surface area (Å²) in [5.41, 5.74) is 7.58. The van der Waals surface area contributed by atoms with E-state index in [9.17, 15) is 0 Å². The Hall–Kier alpha value is -2.82. The summed E-state index contributed by atoms with van der Waals surface area (Å²) >= 11 is 2.94. The summed E-state index contributed by atoms with van der Waals surface area (Å²) in [7, 11) is 1.74. The van der Waals surface area contributed by atoms with E-state index in [2.05, 4.69) is 27.1 Å². The smallest absolute Gasteiger partial charge is 0.279 e. The van der Waals surface area contributed by atoms with Crippen molar-refractivity contribution in [2.45, 2.75) is 6.42 Å². The molecule has 0 bridgehead atoms. The minimum atomic E-state index is 0.590. The van der Waals surface area contributed by atoms with E-state index >= 15 is 0 Å². The fraction of sp³-hybridized carbons (Fsp3) is 0.158. The number of anilines is 1. The lowest BCUT2D eigenvalue weighted by Gasteiger charge is -2.06. The van der Waals surface area contributed by atoms with Gasteiger partial charge in [-0.15, -0.1) is 11.3 Å². The lowest BCUT2D eigenvalue weighted by Crippen LogP contribution is -2.25. The number of rotatable bonds is 5. The molecule has 26 heavy (non-hydrogen) atoms. The predicted molar refractivity (Wildman–Crippen MR) is 109 cm³/mol. The summed E-state index contributed by atoms with van der Waals surface area (Å²) < 4.78 is 5.69. The molecule has 0 aliphatic heterocycles. The van der Waals surface area contributed by atoms with E-state index in [0.29, 0.717) is 23.9 Å². The zero-order chi connectivity index (χ0) is 18.2. The lowest BCUT2D eigenvalue weighted by atomic mass is 10.3. The maximum atomic E-state index is 5.93. The molecule has 0 aliphatic carbocycles. The first-order chi connectivity index (χ1) is 12.8. The third-order valence-corrected chi connectivity index (χ3v) is 4.83. The van der Waals surface area contributed by atoms with Crippen LogP contribution in [0.3, 0.4) is 0 Å². The highest BCUT2D eigenvalue weighted by Crippen LogP contribution is 2.24. The number of hydrogen-bond donors (Lipinski definition) is 2. The Morgan fingerprint density at radius 3 is 2.85 bits per heavy atom. The van der Waals surface area contributed by atoms with Crippen LogP contribution in [0.5, 0.6) is 10.9 Å². The normalized spacial score (nSPS) is 10.9. The van der Waals surface area contributed by atoms with Crippen LogP contribution in [0.25, 0.3) is 0 Å². The number of nitrogens with one attached hydrogen (secondary N) is 1. The van der Waals surface area contributed by atoms with E-state index in [-0.39, 0.29) is 0 Å². The molecule has 0 spiro atoms. The molecular weight excluding hydrogens is 364 g/mol. The zero-order valence-corrected chi connectivity index (χ0v) is 15.9. The SMILES string of the molecule is CN=C(NCCC#Cc1csc(Oc2ccccc2)n1)c1ccsc1N. The lowest BCUT2D eigenvalue weighted by molar-refractivity contribution is 0.478. The van der Waals surface area contributed by atoms with Crippen molar-refractivity contribution in [3.8, 4) is 22.8 Å². The van der Waals surface area contributed by atoms with Crippen molar-refractivity contribution in [3.63, 3.8) is 0 Å². The van der Waals surface area contributed by atoms with Gasteiger partial charge in [-0.25, -0.2) is 0 Å². The fourth-order valence-electron chi connectivity index (χ4n) is 2.16. The topological polar surface area (TPSA) is 72.5 Å². The van der Waals surface area contributed by atoms with E-state index < -0.39 is 0 Å². The van der Waals surface area contributed by atoms with Gasteiger partial charge < -0.3 is 15.8 Å². The first kappa shape index (κ1) is 18.0. The van der Waals surface area contributed by atoms with Gasteiger partial charge in [0.15, 0.2) is 0 Å². The fourth-order valence-corrected chi connectivity index (χ4v) is 3.42. The van der Waals surface area contributed by atoms with Crippen LogP contribution in [0.4, 0.5) is 5.00 Å². The van der Waals surface area contributed by atoms with Gasteiger partial charge in [-0.2, -0.15) is 4.98 Å². The van der Waals surface area contributed by atoms with Crippen LogP contribution in [-0.4, -0.2) is 24.4 Å². The monoisotopic (exact) mass is 382 g/mol. The number of aromatic nitrogens is 1. The van der Waals surface area contributed by atoms with Gasteiger partial charge >= 0.3 is 0 Å². The Kier molecular flexibility index (Phi) is 6.25. The second-order valence-electron chi connectivity index (χ2n) is 5.16. The summed E-state index contributed by atoms with van der Waals surface area (Å²) in [6.07, 6.45) is 0.676. The van der Waals surface area contributed by atoms with Crippen molar-refractivity contribution in [2.75, 3.05) is 19.3 Å². The van der Waals surface area contributed by atoms with Crippen molar-refractivity contribution in [3.05, 3.63) is 58.4 Å². The molecule has 0 atom stereocenters. The van der Waals surface area contributed by atoms with Crippen LogP contribution in [0.2, 0.25) is 0 Å². The second-order valence-corrected chi connectivity index (χ2v) is 6.93. The minimum absolute atomic E-state index is 0.590. The van der Waals surface area contributed by atoms with Gasteiger partial charge in [0, 0.05) is 25.4 Å². The number of para-hydroxylation sites is 1. The van der Waals surface area contributed by atoms with Crippen LogP contribution in [0.15, 0.2) is 52.2 Å². The number of hydrogen-bond acceptors (Lipinski definition) is 6. The molecule has 3 aromatic rings. The van der Waals surface area contributed by atoms with Gasteiger partial charge in [0.1, 0.15) is 17.3 Å². The molecule has 3 N–H and O–H groups in total. The molecule has 5 nitrogen and oxygen atoms in total. The third-order valence-electron chi connectivity index (χ3n) is 3.36. The van der Waals surface area contributed by atoms with E-state index in [1.54, 1.807) is 7.05 Å². The predicted octanol–water partition coefficient (Wildman–Crippen LogP) is 3.99. The van der Waals surface area contributed by atoms with E-state index in [1.807, 2.05) is 47.2 Å². The molecule has 0 saturated carbocycles. The van der Waals surface area contributed by atoms with Gasteiger partial charge in [-0.1, -0.05) is 35.5 Å². The Bertz CT molecular complexity index is 935. The number of aliphatic imine (C=N–C) groups is 1. The van der Waals surface area contributed by atoms with E-state index in [1.165, 1.54) is 22.7 Å². The standard InChI is InChI=1S/C19H18N4OS2/c1-21-18(16-10-12-25-17(16)20)22-11-6-5-7-14-13-26-19(23-14)24-15-8-3-2-4-9-15/h2-4,8-10,12-13H,6,11,20H2,1H3,(H,21,22). The molecule has 7 heteroatoms. The summed E-state index contributed by atoms with van der Waals surface area (Å²) in [5.74, 6) is 7.72. The minimum Gasteiger partial charge on any atom is -0.431 e. The van der Waals surface area contributed by atoms with E-state index in [4.69, 9.17) is 10.5 Å². The molecule has 0 saturated heterocycles. The zero-order valence-electron chi connectivity index (χ0n) is 14.2. The molecule has 0 fully saturated rings. The number of thiophene rings is 1. The van der Waals surface area contributed by atoms with Gasteiger partial charge in [0.2, 0.25) is 0 Å². The van der Waals surface area contributed by atoms with Crippen LogP contribution in [-0.2, 0) is 0 Å². The summed E-state index contributed by atoms with van der Waals surface area (Å²) in [5, 5.41) is 8.47. The summed E-state index contributed by atoms with van der Waals surface area (Å²) in [6.45, 7) is 0.687. The molecule has 2 aromatic heterocycles. The van der Waals surface area contributed by atoms with Gasteiger partial charge in [0.25, 0.3) is 5.19 Å². The number of nitrogen functional groups attached to an aromatic ring is 1. The Balaban J connectivity index is 1.49. The molecule has 0 amide bonds. The number of benzene rings is 1. The molecular formula is C19H18N4OS2. The van der Waals surface area contributed by atoms with Crippen LogP contribution < -0.4 is 15.8 Å². The maximum absolute atomic E-state index is 5.93. The summed E-state index contributed by atoms with van der Waals surface area (Å²) in [6, 6.07) is 11.5. The van der Waals surface area contributed by atoms with Crippen molar-refractivity contribution in [2.24, 2.45) is 4.99 Å². The number of nitrogens with zero attached hydrogens (tertiary/aromatic N) is 2. The Morgan fingerprint density at radius 2 is 2.12 bits per heavy atom. The molecule has 2 heterocycles. The number of ether oxygens (including phenoxy) is 1. The first-order valence-corrected chi connectivity index (χ1v) is 9.73. The van der Waals surface area contributed by atoms with Crippen LogP contribution in [0.1, 0.15) is 17.7 Å². The van der Waals surface area contributed by atoms with Crippen LogP contribution >= 0.6 is 22.7 Å². The molecule has 0 aliphatic rings. The highest BCUT2D eigenvalue weighted by Gasteiger charge is 2.07. The largest absolute Gasteiger partial charge is 0.431 e. The molecule has 132 valence electrons. The summed E-state index contributed by atoms with van der Waals surface area (Å²) in [4.78, 5) is 8.62. The molecule has 0 radical (unpaired) electrons. The average Bonchev–Trinajstić information content (AvgIpc) is 3.28. The quantitative estimate of drug-likeness (QED) is 0.303. The maximum Gasteiger partial charge on any atom is 0.279 e. The van der Waals surface area contributed by atoms with E-state index in [0.717, 1.165) is 22.1 Å². The Labute approximate surface area is 160 Å². The highest BCUT2D eigenvalue weighted by atomic mass is 32.1. The number of nitrogens with two attached hydrogens (primary N) is 1. The van der Waals surface area contributed by atoms with Gasteiger partial charge in [0.05, 0.1) is 10.6 Å². The van der Waals surface area contributed by atoms with Crippen molar-refractivity contribution in [1.29, 1.82) is 0 Å². The van der Waals surface area contributed by atoms with Gasteiger partial charge in [-0.3, -0.25) is 4.99 Å². The van der Waals surface area contributed by atoms with Crippen molar-refractivity contribution >= 4 is 33.5 Å². The van der Waals surface area contributed by atoms with Gasteiger partial charge in [-0.05, 0) is 29.5 Å². The molecule has 3 rings (SSSR count). The highest BCUT2D eigenvalue weighted by molar-refractivity contribution is 7.14. The number of amidine groups is 1. The second kappa shape index (κ2) is 9.04. The van der Waals surface area contributed by atoms with Crippen molar-refractivity contribution < 1.29 is 4.74 Å². The molecule has 0 unspecified atom stereocenters. The number of thiazole rings is 1. The first-order valence-electron chi connectivity index (χ1n) is 7.97.